The molecule has 0 radical (unpaired) electrons. The largest absolute Gasteiger partial charge is 0.323 e. The normalized spacial score (nSPS) is 11.1. The maximum absolute atomic E-state index is 12.3. The van der Waals surface area contributed by atoms with Gasteiger partial charge in [0.15, 0.2) is 0 Å². The zero-order valence-corrected chi connectivity index (χ0v) is 16.6. The van der Waals surface area contributed by atoms with Gasteiger partial charge < -0.3 is 5.32 Å². The number of nitrogens with zero attached hydrogens (tertiary/aromatic N) is 2. The number of non-ortho nitro benzene ring substituents is 1. The van der Waals surface area contributed by atoms with Crippen molar-refractivity contribution in [1.82, 2.24) is 0 Å². The number of nitrogens with one attached hydrogen (secondary N) is 1. The molecule has 0 heterocycles. The first-order chi connectivity index (χ1) is 12.5. The molecule has 2 rings (SSSR count). The van der Waals surface area contributed by atoms with Gasteiger partial charge in [-0.15, -0.1) is 0 Å². The predicted molar refractivity (Wildman–Crippen MR) is 105 cm³/mol. The maximum Gasteiger partial charge on any atom is 0.271 e. The van der Waals surface area contributed by atoms with E-state index in [2.05, 4.69) is 5.32 Å². The first-order valence-electron chi connectivity index (χ1n) is 7.46. The molecule has 1 amide bonds. The molecular formula is C16H15Cl2N3O5S. The van der Waals surface area contributed by atoms with Crippen LogP contribution in [0.25, 0.3) is 0 Å². The fourth-order valence-electron chi connectivity index (χ4n) is 2.18. The molecule has 144 valence electrons. The van der Waals surface area contributed by atoms with E-state index in [1.807, 2.05) is 0 Å². The van der Waals surface area contributed by atoms with E-state index >= 15 is 0 Å². The Morgan fingerprint density at radius 3 is 2.41 bits per heavy atom. The van der Waals surface area contributed by atoms with Gasteiger partial charge >= 0.3 is 0 Å². The second kappa shape index (κ2) is 8.12. The van der Waals surface area contributed by atoms with E-state index in [1.54, 1.807) is 13.0 Å². The molecule has 0 fully saturated rings. The van der Waals surface area contributed by atoms with Gasteiger partial charge in [-0.25, -0.2) is 8.42 Å². The highest BCUT2D eigenvalue weighted by Crippen LogP contribution is 2.28. The average molecular weight is 432 g/mol. The molecule has 0 aliphatic rings. The minimum Gasteiger partial charge on any atom is -0.323 e. The highest BCUT2D eigenvalue weighted by molar-refractivity contribution is 7.92. The van der Waals surface area contributed by atoms with Crippen molar-refractivity contribution in [2.45, 2.75) is 6.92 Å². The van der Waals surface area contributed by atoms with Crippen LogP contribution < -0.4 is 9.62 Å². The lowest BCUT2D eigenvalue weighted by Gasteiger charge is -2.22. The molecule has 0 bridgehead atoms. The van der Waals surface area contributed by atoms with Crippen LogP contribution in [0, 0.1) is 17.0 Å². The monoisotopic (exact) mass is 431 g/mol. The predicted octanol–water partition coefficient (Wildman–Crippen LogP) is 3.61. The summed E-state index contributed by atoms with van der Waals surface area (Å²) >= 11 is 12.0. The summed E-state index contributed by atoms with van der Waals surface area (Å²) in [6.07, 6.45) is 0.953. The third kappa shape index (κ3) is 5.31. The molecule has 1 N–H and O–H groups in total. The number of anilines is 2. The fraction of sp³-hybridized carbons (Fsp3) is 0.188. The summed E-state index contributed by atoms with van der Waals surface area (Å²) in [6.45, 7) is 1.20. The number of amides is 1. The van der Waals surface area contributed by atoms with Crippen molar-refractivity contribution < 1.29 is 18.1 Å². The highest BCUT2D eigenvalue weighted by Gasteiger charge is 2.22. The van der Waals surface area contributed by atoms with Crippen LogP contribution in [-0.4, -0.2) is 32.0 Å². The van der Waals surface area contributed by atoms with Crippen molar-refractivity contribution in [2.75, 3.05) is 22.4 Å². The van der Waals surface area contributed by atoms with E-state index in [0.29, 0.717) is 5.02 Å². The number of benzene rings is 2. The zero-order chi connectivity index (χ0) is 20.4. The molecule has 0 unspecified atom stereocenters. The minimum atomic E-state index is -3.79. The van der Waals surface area contributed by atoms with E-state index in [-0.39, 0.29) is 22.1 Å². The first-order valence-corrected chi connectivity index (χ1v) is 10.1. The molecule has 0 spiro atoms. The van der Waals surface area contributed by atoms with Crippen LogP contribution in [0.5, 0.6) is 0 Å². The number of rotatable bonds is 6. The van der Waals surface area contributed by atoms with Crippen LogP contribution in [0.4, 0.5) is 17.1 Å². The standard InChI is InChI=1S/C16H15Cl2N3O5S/c1-10-3-4-11(7-14(10)18)20(27(2,25)26)9-16(22)19-15-8-12(21(23)24)5-6-13(15)17/h3-8H,9H2,1-2H3,(H,19,22). The third-order valence-corrected chi connectivity index (χ3v) is 5.44. The van der Waals surface area contributed by atoms with Crippen LogP contribution in [0.1, 0.15) is 5.56 Å². The lowest BCUT2D eigenvalue weighted by molar-refractivity contribution is -0.384. The van der Waals surface area contributed by atoms with Crippen LogP contribution >= 0.6 is 23.2 Å². The Hall–Kier alpha value is -2.36. The topological polar surface area (TPSA) is 110 Å². The molecule has 0 saturated heterocycles. The first kappa shape index (κ1) is 20.9. The van der Waals surface area contributed by atoms with Gasteiger partial charge in [0.1, 0.15) is 6.54 Å². The summed E-state index contributed by atoms with van der Waals surface area (Å²) in [6, 6.07) is 8.14. The molecule has 11 heteroatoms. The van der Waals surface area contributed by atoms with Gasteiger partial charge in [-0.1, -0.05) is 29.3 Å². The number of hydrogen-bond donors (Lipinski definition) is 1. The lowest BCUT2D eigenvalue weighted by Crippen LogP contribution is -2.37. The Morgan fingerprint density at radius 2 is 1.85 bits per heavy atom. The molecule has 8 nitrogen and oxygen atoms in total. The Morgan fingerprint density at radius 1 is 1.19 bits per heavy atom. The van der Waals surface area contributed by atoms with Gasteiger partial charge in [-0.2, -0.15) is 0 Å². The molecule has 0 aliphatic heterocycles. The summed E-state index contributed by atoms with van der Waals surface area (Å²) in [4.78, 5) is 22.6. The summed E-state index contributed by atoms with van der Waals surface area (Å²) in [5.74, 6) is -0.723. The van der Waals surface area contributed by atoms with Crippen LogP contribution in [0.3, 0.4) is 0 Å². The number of aryl methyl sites for hydroxylation is 1. The summed E-state index contributed by atoms with van der Waals surface area (Å²) in [5.41, 5.74) is 0.710. The molecule has 2 aromatic rings. The van der Waals surface area contributed by atoms with E-state index < -0.39 is 27.4 Å². The van der Waals surface area contributed by atoms with Crippen LogP contribution in [-0.2, 0) is 14.8 Å². The van der Waals surface area contributed by atoms with Gasteiger partial charge in [0.2, 0.25) is 15.9 Å². The number of carbonyl (C=O) groups excluding carboxylic acids is 1. The number of nitro groups is 1. The summed E-state index contributed by atoms with van der Waals surface area (Å²) < 4.78 is 25.1. The number of sulfonamides is 1. The van der Waals surface area contributed by atoms with Crippen molar-refractivity contribution in [3.8, 4) is 0 Å². The number of nitro benzene ring substituents is 1. The lowest BCUT2D eigenvalue weighted by atomic mass is 10.2. The second-order valence-electron chi connectivity index (χ2n) is 5.67. The quantitative estimate of drug-likeness (QED) is 0.554. The number of carbonyl (C=O) groups is 1. The van der Waals surface area contributed by atoms with Gasteiger partial charge in [0.25, 0.3) is 5.69 Å². The fourth-order valence-corrected chi connectivity index (χ4v) is 3.37. The average Bonchev–Trinajstić information content (AvgIpc) is 2.56. The van der Waals surface area contributed by atoms with Gasteiger partial charge in [0, 0.05) is 17.2 Å². The van der Waals surface area contributed by atoms with E-state index in [0.717, 1.165) is 22.2 Å². The van der Waals surface area contributed by atoms with E-state index in [9.17, 15) is 23.3 Å². The number of halogens is 2. The zero-order valence-electron chi connectivity index (χ0n) is 14.3. The van der Waals surface area contributed by atoms with Crippen molar-refractivity contribution in [3.63, 3.8) is 0 Å². The molecule has 27 heavy (non-hydrogen) atoms. The molecule has 0 saturated carbocycles. The van der Waals surface area contributed by atoms with Gasteiger partial charge in [-0.3, -0.25) is 19.2 Å². The molecule has 2 aromatic carbocycles. The second-order valence-corrected chi connectivity index (χ2v) is 8.39. The Bertz CT molecular complexity index is 1010. The minimum absolute atomic E-state index is 0.00579. The van der Waals surface area contributed by atoms with Gasteiger partial charge in [-0.05, 0) is 30.7 Å². The van der Waals surface area contributed by atoms with E-state index in [4.69, 9.17) is 23.2 Å². The molecular weight excluding hydrogens is 417 g/mol. The van der Waals surface area contributed by atoms with E-state index in [1.165, 1.54) is 24.3 Å². The Balaban J connectivity index is 2.28. The maximum atomic E-state index is 12.3. The number of hydrogen-bond acceptors (Lipinski definition) is 5. The Labute approximate surface area is 165 Å². The molecule has 0 atom stereocenters. The molecule has 0 aliphatic carbocycles. The molecule has 0 aromatic heterocycles. The SMILES string of the molecule is Cc1ccc(N(CC(=O)Nc2cc([N+](=O)[O-])ccc2Cl)S(C)(=O)=O)cc1Cl. The van der Waals surface area contributed by atoms with Crippen molar-refractivity contribution in [2.24, 2.45) is 0 Å². The highest BCUT2D eigenvalue weighted by atomic mass is 35.5. The summed E-state index contributed by atoms with van der Waals surface area (Å²) in [7, 11) is -3.79. The van der Waals surface area contributed by atoms with Crippen molar-refractivity contribution >= 4 is 56.2 Å². The smallest absolute Gasteiger partial charge is 0.271 e. The van der Waals surface area contributed by atoms with Gasteiger partial charge in [0.05, 0.1) is 27.6 Å². The van der Waals surface area contributed by atoms with Crippen LogP contribution in [0.2, 0.25) is 10.0 Å². The van der Waals surface area contributed by atoms with Crippen molar-refractivity contribution in [3.05, 3.63) is 62.1 Å². The van der Waals surface area contributed by atoms with Crippen molar-refractivity contribution in [1.29, 1.82) is 0 Å². The summed E-state index contributed by atoms with van der Waals surface area (Å²) in [5, 5.41) is 13.7. The Kier molecular flexibility index (Phi) is 6.30. The van der Waals surface area contributed by atoms with Crippen LogP contribution in [0.15, 0.2) is 36.4 Å². The third-order valence-electron chi connectivity index (χ3n) is 3.57.